The van der Waals surface area contributed by atoms with E-state index in [4.69, 9.17) is 0 Å². The lowest BCUT2D eigenvalue weighted by molar-refractivity contribution is -0.122. The van der Waals surface area contributed by atoms with Crippen LogP contribution in [0.4, 0.5) is 10.1 Å². The van der Waals surface area contributed by atoms with Crippen molar-refractivity contribution in [1.82, 2.24) is 5.32 Å². The smallest absolute Gasteiger partial charge is 0.232 e. The zero-order valence-electron chi connectivity index (χ0n) is 15.6. The van der Waals surface area contributed by atoms with Gasteiger partial charge in [-0.15, -0.1) is 0 Å². The van der Waals surface area contributed by atoms with E-state index in [-0.39, 0.29) is 24.9 Å². The van der Waals surface area contributed by atoms with Gasteiger partial charge < -0.3 is 5.32 Å². The molecule has 1 amide bonds. The predicted molar refractivity (Wildman–Crippen MR) is 99.4 cm³/mol. The normalized spacial score (nSPS) is 12.0. The van der Waals surface area contributed by atoms with Crippen LogP contribution in [0.15, 0.2) is 24.3 Å². The molecule has 0 saturated carbocycles. The van der Waals surface area contributed by atoms with E-state index >= 15 is 0 Å². The molecule has 0 heterocycles. The lowest BCUT2D eigenvalue weighted by Gasteiger charge is -2.26. The van der Waals surface area contributed by atoms with Crippen LogP contribution in [0.25, 0.3) is 0 Å². The lowest BCUT2D eigenvalue weighted by Crippen LogP contribution is -2.42. The van der Waals surface area contributed by atoms with Gasteiger partial charge in [-0.3, -0.25) is 9.10 Å². The van der Waals surface area contributed by atoms with Gasteiger partial charge in [0.05, 0.1) is 11.9 Å². The fourth-order valence-corrected chi connectivity index (χ4v) is 3.80. The van der Waals surface area contributed by atoms with Crippen molar-refractivity contribution >= 4 is 21.6 Å². The molecule has 1 N–H and O–H groups in total. The van der Waals surface area contributed by atoms with Crippen molar-refractivity contribution < 1.29 is 17.6 Å². The van der Waals surface area contributed by atoms with Gasteiger partial charge in [0.15, 0.2) is 0 Å². The molecule has 0 aliphatic heterocycles. The van der Waals surface area contributed by atoms with Gasteiger partial charge in [0, 0.05) is 19.0 Å². The van der Waals surface area contributed by atoms with E-state index < -0.39 is 15.8 Å². The standard InChI is InChI=1S/C18H29FN2O3S/c1-13(2)18(14(3)4)20-17(22)7-6-12-21(25(5,23)24)16-10-8-15(19)9-11-16/h8-11,13-14,18H,6-7,12H2,1-5H3,(H,20,22). The minimum Gasteiger partial charge on any atom is -0.353 e. The molecule has 0 fully saturated rings. The van der Waals surface area contributed by atoms with Crippen LogP contribution in [0.1, 0.15) is 40.5 Å². The summed E-state index contributed by atoms with van der Waals surface area (Å²) in [7, 11) is -3.50. The van der Waals surface area contributed by atoms with Crippen molar-refractivity contribution in [1.29, 1.82) is 0 Å². The molecule has 0 radical (unpaired) electrons. The van der Waals surface area contributed by atoms with Crippen molar-refractivity contribution in [2.75, 3.05) is 17.1 Å². The second-order valence-electron chi connectivity index (χ2n) is 7.00. The zero-order chi connectivity index (χ0) is 19.2. The number of nitrogens with zero attached hydrogens (tertiary/aromatic N) is 1. The number of sulfonamides is 1. The Balaban J connectivity index is 2.66. The van der Waals surface area contributed by atoms with Crippen LogP contribution >= 0.6 is 0 Å². The maximum atomic E-state index is 13.0. The fraction of sp³-hybridized carbons (Fsp3) is 0.611. The summed E-state index contributed by atoms with van der Waals surface area (Å²) >= 11 is 0. The van der Waals surface area contributed by atoms with Gasteiger partial charge >= 0.3 is 0 Å². The molecular weight excluding hydrogens is 343 g/mol. The third-order valence-corrected chi connectivity index (χ3v) is 5.24. The van der Waals surface area contributed by atoms with E-state index in [2.05, 4.69) is 33.0 Å². The highest BCUT2D eigenvalue weighted by molar-refractivity contribution is 7.92. The summed E-state index contributed by atoms with van der Waals surface area (Å²) in [6, 6.07) is 5.37. The van der Waals surface area contributed by atoms with Crippen molar-refractivity contribution in [3.05, 3.63) is 30.1 Å². The molecule has 0 spiro atoms. The summed E-state index contributed by atoms with van der Waals surface area (Å²) in [6.45, 7) is 8.41. The topological polar surface area (TPSA) is 66.5 Å². The molecule has 25 heavy (non-hydrogen) atoms. The quantitative estimate of drug-likeness (QED) is 0.724. The number of carbonyl (C=O) groups excluding carboxylic acids is 1. The Morgan fingerprint density at radius 2 is 1.64 bits per heavy atom. The molecule has 0 bridgehead atoms. The van der Waals surface area contributed by atoms with E-state index in [0.29, 0.717) is 23.9 Å². The van der Waals surface area contributed by atoms with Crippen molar-refractivity contribution in [3.63, 3.8) is 0 Å². The van der Waals surface area contributed by atoms with Crippen molar-refractivity contribution in [2.24, 2.45) is 11.8 Å². The Morgan fingerprint density at radius 1 is 1.12 bits per heavy atom. The molecule has 0 aliphatic carbocycles. The van der Waals surface area contributed by atoms with Gasteiger partial charge in [-0.25, -0.2) is 12.8 Å². The Kier molecular flexibility index (Phi) is 7.86. The highest BCUT2D eigenvalue weighted by Gasteiger charge is 2.21. The maximum Gasteiger partial charge on any atom is 0.232 e. The predicted octanol–water partition coefficient (Wildman–Crippen LogP) is 3.17. The van der Waals surface area contributed by atoms with E-state index in [1.54, 1.807) is 0 Å². The van der Waals surface area contributed by atoms with Crippen LogP contribution in [0.3, 0.4) is 0 Å². The van der Waals surface area contributed by atoms with Crippen LogP contribution in [-0.2, 0) is 14.8 Å². The van der Waals surface area contributed by atoms with Gasteiger partial charge in [0.25, 0.3) is 0 Å². The third kappa shape index (κ3) is 7.02. The fourth-order valence-electron chi connectivity index (χ4n) is 2.84. The Labute approximate surface area is 150 Å². The van der Waals surface area contributed by atoms with Crippen LogP contribution in [0, 0.1) is 17.7 Å². The van der Waals surface area contributed by atoms with Crippen LogP contribution in [0.2, 0.25) is 0 Å². The molecule has 0 atom stereocenters. The van der Waals surface area contributed by atoms with E-state index in [0.717, 1.165) is 6.26 Å². The molecule has 1 aromatic carbocycles. The molecule has 1 rings (SSSR count). The minimum absolute atomic E-state index is 0.0834. The largest absolute Gasteiger partial charge is 0.353 e. The summed E-state index contributed by atoms with van der Waals surface area (Å²) in [5, 5.41) is 3.02. The molecule has 0 saturated heterocycles. The van der Waals surface area contributed by atoms with Gasteiger partial charge in [0.2, 0.25) is 15.9 Å². The molecule has 7 heteroatoms. The number of benzene rings is 1. The average molecular weight is 373 g/mol. The molecule has 1 aromatic rings. The Bertz CT molecular complexity index is 649. The summed E-state index contributed by atoms with van der Waals surface area (Å²) in [4.78, 5) is 12.1. The summed E-state index contributed by atoms with van der Waals surface area (Å²) in [6.07, 6.45) is 1.73. The summed E-state index contributed by atoms with van der Waals surface area (Å²) in [5.74, 6) is 0.149. The van der Waals surface area contributed by atoms with Crippen LogP contribution in [-0.4, -0.2) is 33.2 Å². The summed E-state index contributed by atoms with van der Waals surface area (Å²) in [5.41, 5.74) is 0.395. The second-order valence-corrected chi connectivity index (χ2v) is 8.90. The highest BCUT2D eigenvalue weighted by atomic mass is 32.2. The second kappa shape index (κ2) is 9.17. The van der Waals surface area contributed by atoms with Crippen molar-refractivity contribution in [3.8, 4) is 0 Å². The number of halogens is 1. The van der Waals surface area contributed by atoms with Crippen LogP contribution < -0.4 is 9.62 Å². The Hall–Kier alpha value is -1.63. The first kappa shape index (κ1) is 21.4. The van der Waals surface area contributed by atoms with Crippen LogP contribution in [0.5, 0.6) is 0 Å². The number of hydrogen-bond acceptors (Lipinski definition) is 3. The first-order valence-electron chi connectivity index (χ1n) is 8.55. The maximum absolute atomic E-state index is 13.0. The zero-order valence-corrected chi connectivity index (χ0v) is 16.4. The molecule has 5 nitrogen and oxygen atoms in total. The van der Waals surface area contributed by atoms with E-state index in [1.807, 2.05) is 0 Å². The monoisotopic (exact) mass is 372 g/mol. The average Bonchev–Trinajstić information content (AvgIpc) is 2.48. The first-order chi connectivity index (χ1) is 11.5. The number of nitrogens with one attached hydrogen (secondary N) is 1. The number of rotatable bonds is 9. The van der Waals surface area contributed by atoms with Gasteiger partial charge in [-0.2, -0.15) is 0 Å². The van der Waals surface area contributed by atoms with E-state index in [9.17, 15) is 17.6 Å². The lowest BCUT2D eigenvalue weighted by atomic mass is 9.93. The molecular formula is C18H29FN2O3S. The third-order valence-electron chi connectivity index (χ3n) is 4.04. The van der Waals surface area contributed by atoms with Gasteiger partial charge in [-0.1, -0.05) is 27.7 Å². The summed E-state index contributed by atoms with van der Waals surface area (Å²) < 4.78 is 38.2. The molecule has 0 unspecified atom stereocenters. The highest BCUT2D eigenvalue weighted by Crippen LogP contribution is 2.19. The molecule has 0 aliphatic rings. The SMILES string of the molecule is CC(C)C(NC(=O)CCCN(c1ccc(F)cc1)S(C)(=O)=O)C(C)C. The van der Waals surface area contributed by atoms with Gasteiger partial charge in [0.1, 0.15) is 5.82 Å². The number of hydrogen-bond donors (Lipinski definition) is 1. The molecule has 142 valence electrons. The van der Waals surface area contributed by atoms with E-state index in [1.165, 1.54) is 28.6 Å². The first-order valence-corrected chi connectivity index (χ1v) is 10.4. The number of amides is 1. The number of anilines is 1. The minimum atomic E-state index is -3.50. The van der Waals surface area contributed by atoms with Gasteiger partial charge in [-0.05, 0) is 42.5 Å². The molecule has 0 aromatic heterocycles. The van der Waals surface area contributed by atoms with Crippen molar-refractivity contribution in [2.45, 2.75) is 46.6 Å². The Morgan fingerprint density at radius 3 is 2.08 bits per heavy atom. The number of carbonyl (C=O) groups is 1.